The van der Waals surface area contributed by atoms with Gasteiger partial charge in [0, 0.05) is 11.5 Å². The number of halogens is 1. The van der Waals surface area contributed by atoms with Crippen molar-refractivity contribution in [3.8, 4) is 5.75 Å². The fourth-order valence-corrected chi connectivity index (χ4v) is 1.38. The molecule has 0 unspecified atom stereocenters. The molecule has 4 nitrogen and oxygen atoms in total. The summed E-state index contributed by atoms with van der Waals surface area (Å²) in [5.74, 6) is -0.270. The number of aliphatic hydroxyl groups is 1. The lowest BCUT2D eigenvalue weighted by Crippen LogP contribution is -2.53. The van der Waals surface area contributed by atoms with Crippen LogP contribution in [0.25, 0.3) is 0 Å². The highest BCUT2D eigenvalue weighted by Gasteiger charge is 2.40. The highest BCUT2D eigenvalue weighted by molar-refractivity contribution is 6.61. The first kappa shape index (κ1) is 16.0. The summed E-state index contributed by atoms with van der Waals surface area (Å²) in [7, 11) is 0.0588. The molecule has 6 heteroatoms. The van der Waals surface area contributed by atoms with E-state index in [1.54, 1.807) is 27.7 Å². The summed E-state index contributed by atoms with van der Waals surface area (Å²) in [4.78, 5) is 0. The molecule has 0 aromatic heterocycles. The predicted molar refractivity (Wildman–Crippen MR) is 72.0 cm³/mol. The van der Waals surface area contributed by atoms with Crippen molar-refractivity contribution in [2.75, 3.05) is 7.11 Å². The summed E-state index contributed by atoms with van der Waals surface area (Å²) < 4.78 is 23.6. The monoisotopic (exact) mass is 270 g/mol. The van der Waals surface area contributed by atoms with Crippen molar-refractivity contribution in [2.45, 2.75) is 38.9 Å². The minimum atomic E-state index is -1.32. The van der Waals surface area contributed by atoms with E-state index in [1.165, 1.54) is 25.3 Å². The van der Waals surface area contributed by atoms with Gasteiger partial charge in [-0.1, -0.05) is 6.07 Å². The molecule has 19 heavy (non-hydrogen) atoms. The van der Waals surface area contributed by atoms with Crippen LogP contribution in [-0.2, 0) is 4.65 Å². The van der Waals surface area contributed by atoms with Crippen LogP contribution in [0.4, 0.5) is 4.39 Å². The van der Waals surface area contributed by atoms with Crippen LogP contribution in [0.5, 0.6) is 5.75 Å². The summed E-state index contributed by atoms with van der Waals surface area (Å²) in [5.41, 5.74) is -1.84. The molecule has 0 aliphatic heterocycles. The molecule has 0 atom stereocenters. The maximum absolute atomic E-state index is 13.1. The second-order valence-corrected chi connectivity index (χ2v) is 5.43. The van der Waals surface area contributed by atoms with Gasteiger partial charge in [0.25, 0.3) is 0 Å². The average Bonchev–Trinajstić information content (AvgIpc) is 2.26. The molecule has 2 N–H and O–H groups in total. The Morgan fingerprint density at radius 3 is 2.26 bits per heavy atom. The zero-order chi connectivity index (χ0) is 14.8. The quantitative estimate of drug-likeness (QED) is 0.786. The maximum Gasteiger partial charge on any atom is 0.495 e. The normalized spacial score (nSPS) is 12.4. The Labute approximate surface area is 113 Å². The molecule has 0 aliphatic rings. The standard InChI is InChI=1S/C13H20BFO4/c1-12(2,16)13(3,4)19-14(17)10-7-6-9(15)8-11(10)18-5/h6-8,16-17H,1-5H3. The van der Waals surface area contributed by atoms with Crippen molar-refractivity contribution < 1.29 is 23.9 Å². The first-order chi connectivity index (χ1) is 8.58. The zero-order valence-electron chi connectivity index (χ0n) is 11.9. The maximum atomic E-state index is 13.1. The third-order valence-electron chi connectivity index (χ3n) is 3.34. The van der Waals surface area contributed by atoms with Crippen LogP contribution >= 0.6 is 0 Å². The number of rotatable bonds is 5. The van der Waals surface area contributed by atoms with Crippen LogP contribution in [-0.4, -0.2) is 35.6 Å². The molecule has 0 spiro atoms. The topological polar surface area (TPSA) is 58.9 Å². The van der Waals surface area contributed by atoms with Crippen molar-refractivity contribution in [1.29, 1.82) is 0 Å². The number of benzene rings is 1. The molecule has 0 aliphatic carbocycles. The predicted octanol–water partition coefficient (Wildman–Crippen LogP) is 1.09. The van der Waals surface area contributed by atoms with Gasteiger partial charge in [0.1, 0.15) is 11.6 Å². The lowest BCUT2D eigenvalue weighted by Gasteiger charge is -2.38. The molecule has 1 aromatic rings. The van der Waals surface area contributed by atoms with E-state index < -0.39 is 24.1 Å². The molecular formula is C13H20BFO4. The van der Waals surface area contributed by atoms with Crippen molar-refractivity contribution in [3.05, 3.63) is 24.0 Å². The third kappa shape index (κ3) is 3.68. The van der Waals surface area contributed by atoms with Gasteiger partial charge in [-0.3, -0.25) is 0 Å². The SMILES string of the molecule is COc1cc(F)ccc1B(O)OC(C)(C)C(C)(C)O. The van der Waals surface area contributed by atoms with Gasteiger partial charge < -0.3 is 19.5 Å². The third-order valence-corrected chi connectivity index (χ3v) is 3.34. The Morgan fingerprint density at radius 2 is 1.79 bits per heavy atom. The largest absolute Gasteiger partial charge is 0.497 e. The van der Waals surface area contributed by atoms with Gasteiger partial charge in [-0.15, -0.1) is 0 Å². The molecule has 0 heterocycles. The molecule has 0 amide bonds. The molecular weight excluding hydrogens is 250 g/mol. The summed E-state index contributed by atoms with van der Waals surface area (Å²) in [6.07, 6.45) is 0. The van der Waals surface area contributed by atoms with E-state index in [4.69, 9.17) is 9.39 Å². The van der Waals surface area contributed by atoms with Crippen LogP contribution in [0.1, 0.15) is 27.7 Å². The van der Waals surface area contributed by atoms with E-state index in [-0.39, 0.29) is 5.75 Å². The fraction of sp³-hybridized carbons (Fsp3) is 0.538. The number of hydrogen-bond acceptors (Lipinski definition) is 4. The zero-order valence-corrected chi connectivity index (χ0v) is 11.9. The van der Waals surface area contributed by atoms with Gasteiger partial charge in [-0.2, -0.15) is 0 Å². The van der Waals surface area contributed by atoms with E-state index in [9.17, 15) is 14.5 Å². The van der Waals surface area contributed by atoms with Gasteiger partial charge in [-0.05, 0) is 33.8 Å². The summed E-state index contributed by atoms with van der Waals surface area (Å²) in [5, 5.41) is 20.1. The summed E-state index contributed by atoms with van der Waals surface area (Å²) in [6, 6.07) is 3.76. The second-order valence-electron chi connectivity index (χ2n) is 5.43. The smallest absolute Gasteiger partial charge is 0.495 e. The van der Waals surface area contributed by atoms with Gasteiger partial charge in [0.2, 0.25) is 0 Å². The summed E-state index contributed by atoms with van der Waals surface area (Å²) in [6.45, 7) is 6.49. The van der Waals surface area contributed by atoms with Crippen molar-refractivity contribution >= 4 is 12.6 Å². The molecule has 1 aromatic carbocycles. The number of hydrogen-bond donors (Lipinski definition) is 2. The van der Waals surface area contributed by atoms with Gasteiger partial charge in [0.15, 0.2) is 0 Å². The first-order valence-electron chi connectivity index (χ1n) is 6.00. The second kappa shape index (κ2) is 5.49. The van der Waals surface area contributed by atoms with Gasteiger partial charge >= 0.3 is 7.12 Å². The van der Waals surface area contributed by atoms with Crippen LogP contribution in [0.3, 0.4) is 0 Å². The average molecular weight is 270 g/mol. The molecule has 0 radical (unpaired) electrons. The first-order valence-corrected chi connectivity index (χ1v) is 6.00. The Hall–Kier alpha value is -1.11. The lowest BCUT2D eigenvalue weighted by atomic mass is 9.76. The lowest BCUT2D eigenvalue weighted by molar-refractivity contribution is -0.0983. The molecule has 106 valence electrons. The van der Waals surface area contributed by atoms with Crippen molar-refractivity contribution in [2.24, 2.45) is 0 Å². The highest BCUT2D eigenvalue weighted by atomic mass is 19.1. The van der Waals surface area contributed by atoms with Crippen molar-refractivity contribution in [3.63, 3.8) is 0 Å². The Balaban J connectivity index is 2.99. The van der Waals surface area contributed by atoms with Crippen LogP contribution in [0, 0.1) is 5.82 Å². The van der Waals surface area contributed by atoms with Crippen LogP contribution < -0.4 is 10.2 Å². The minimum Gasteiger partial charge on any atom is -0.497 e. The molecule has 0 saturated heterocycles. The van der Waals surface area contributed by atoms with E-state index in [0.29, 0.717) is 5.46 Å². The molecule has 1 rings (SSSR count). The van der Waals surface area contributed by atoms with Crippen LogP contribution in [0.15, 0.2) is 18.2 Å². The number of methoxy groups -OCH3 is 1. The Bertz CT molecular complexity index is 443. The minimum absolute atomic E-state index is 0.194. The molecule has 0 bridgehead atoms. The Kier molecular flexibility index (Phi) is 4.61. The van der Waals surface area contributed by atoms with E-state index in [2.05, 4.69) is 0 Å². The summed E-state index contributed by atoms with van der Waals surface area (Å²) >= 11 is 0. The van der Waals surface area contributed by atoms with Gasteiger partial charge in [-0.25, -0.2) is 4.39 Å². The van der Waals surface area contributed by atoms with Crippen LogP contribution in [0.2, 0.25) is 0 Å². The van der Waals surface area contributed by atoms with E-state index in [0.717, 1.165) is 0 Å². The van der Waals surface area contributed by atoms with E-state index in [1.807, 2.05) is 0 Å². The van der Waals surface area contributed by atoms with Crippen molar-refractivity contribution in [1.82, 2.24) is 0 Å². The highest BCUT2D eigenvalue weighted by Crippen LogP contribution is 2.26. The fourth-order valence-electron chi connectivity index (χ4n) is 1.38. The molecule has 0 fully saturated rings. The number of ether oxygens (including phenoxy) is 1. The Morgan fingerprint density at radius 1 is 1.21 bits per heavy atom. The van der Waals surface area contributed by atoms with E-state index >= 15 is 0 Å². The van der Waals surface area contributed by atoms with Gasteiger partial charge in [0.05, 0.1) is 18.3 Å². The molecule has 0 saturated carbocycles.